The molecule has 0 saturated heterocycles. The van der Waals surface area contributed by atoms with Crippen LogP contribution < -0.4 is 4.74 Å². The van der Waals surface area contributed by atoms with Gasteiger partial charge in [0.1, 0.15) is 18.2 Å². The average molecular weight is 382 g/mol. The third-order valence-corrected chi connectivity index (χ3v) is 2.17. The molecule has 0 saturated carbocycles. The van der Waals surface area contributed by atoms with Crippen LogP contribution in [0.2, 0.25) is 0 Å². The predicted molar refractivity (Wildman–Crippen MR) is 64.9 cm³/mol. The second-order valence-electron chi connectivity index (χ2n) is 3.38. The van der Waals surface area contributed by atoms with Gasteiger partial charge in [-0.15, -0.1) is 12.1 Å². The first-order chi connectivity index (χ1) is 9.16. The number of rotatable bonds is 3. The number of hydrogen-bond acceptors (Lipinski definition) is 1. The molecule has 0 aliphatic carbocycles. The Morgan fingerprint density at radius 3 is 2.47 bits per heavy atom. The van der Waals surface area contributed by atoms with E-state index < -0.39 is 17.5 Å². The van der Waals surface area contributed by atoms with Crippen LogP contribution in [-0.2, 0) is 22.9 Å². The molecule has 0 unspecified atom stereocenters. The molecule has 0 radical (unpaired) electrons. The summed E-state index contributed by atoms with van der Waals surface area (Å²) < 4.78 is 44.1. The maximum atomic E-state index is 13.2. The molecule has 0 aromatic heterocycles. The molecule has 2 aromatic rings. The van der Waals surface area contributed by atoms with Gasteiger partial charge in [0, 0.05) is 23.2 Å². The molecule has 0 N–H and O–H groups in total. The van der Waals surface area contributed by atoms with Crippen molar-refractivity contribution in [3.8, 4) is 5.75 Å². The van der Waals surface area contributed by atoms with Crippen molar-refractivity contribution in [2.75, 3.05) is 0 Å². The van der Waals surface area contributed by atoms with Gasteiger partial charge in [-0.2, -0.15) is 12.1 Å². The summed E-state index contributed by atoms with van der Waals surface area (Å²) in [7, 11) is 0. The fourth-order valence-corrected chi connectivity index (χ4v) is 1.31. The van der Waals surface area contributed by atoms with E-state index in [1.54, 1.807) is 0 Å². The van der Waals surface area contributed by atoms with E-state index in [2.05, 4.69) is 19.7 Å². The zero-order valence-corrected chi connectivity index (χ0v) is 14.4. The summed E-state index contributed by atoms with van der Waals surface area (Å²) in [6.07, 6.45) is 0. The van der Waals surface area contributed by atoms with Gasteiger partial charge in [0.05, 0.1) is 0 Å². The van der Waals surface area contributed by atoms with Gasteiger partial charge in [-0.25, -0.2) is 8.78 Å². The second-order valence-corrected chi connectivity index (χ2v) is 3.38. The Labute approximate surface area is 125 Å². The Balaban J connectivity index is 0.000000861. The van der Waals surface area contributed by atoms with Crippen molar-refractivity contribution in [1.29, 1.82) is 0 Å². The van der Waals surface area contributed by atoms with Crippen LogP contribution in [0.25, 0.3) is 0 Å². The molecule has 0 spiro atoms. The van der Waals surface area contributed by atoms with Gasteiger partial charge in [-0.05, 0) is 12.1 Å². The van der Waals surface area contributed by atoms with E-state index in [-0.39, 0.29) is 17.9 Å². The molecule has 2 rings (SSSR count). The molecule has 6 heteroatoms. The van der Waals surface area contributed by atoms with E-state index in [9.17, 15) is 13.2 Å². The normalized spacial score (nSPS) is 9.58. The second kappa shape index (κ2) is 8.33. The van der Waals surface area contributed by atoms with Crippen molar-refractivity contribution < 1.29 is 34.3 Å². The minimum absolute atomic E-state index is 0.00692. The van der Waals surface area contributed by atoms with E-state index in [4.69, 9.17) is 4.74 Å². The van der Waals surface area contributed by atoms with E-state index >= 15 is 0 Å². The molecular formula is C13H8BrF3OZn. The third kappa shape index (κ3) is 4.96. The topological polar surface area (TPSA) is 9.23 Å². The van der Waals surface area contributed by atoms with Gasteiger partial charge >= 0.3 is 30.0 Å². The van der Waals surface area contributed by atoms with Crippen molar-refractivity contribution in [2.24, 2.45) is 0 Å². The van der Waals surface area contributed by atoms with Crippen LogP contribution in [-0.4, -0.2) is 0 Å². The van der Waals surface area contributed by atoms with Crippen molar-refractivity contribution in [1.82, 2.24) is 0 Å². The molecule has 0 heterocycles. The van der Waals surface area contributed by atoms with Crippen molar-refractivity contribution in [3.63, 3.8) is 0 Å². The van der Waals surface area contributed by atoms with Crippen LogP contribution in [0.3, 0.4) is 0 Å². The average Bonchev–Trinajstić information content (AvgIpc) is 2.42. The van der Waals surface area contributed by atoms with Gasteiger partial charge in [0.25, 0.3) is 0 Å². The van der Waals surface area contributed by atoms with Gasteiger partial charge < -0.3 is 4.74 Å². The van der Waals surface area contributed by atoms with Crippen LogP contribution in [0.1, 0.15) is 5.56 Å². The van der Waals surface area contributed by atoms with E-state index in [0.29, 0.717) is 0 Å². The summed E-state index contributed by atoms with van der Waals surface area (Å²) in [5.41, 5.74) is 0.165. The monoisotopic (exact) mass is 380 g/mol. The van der Waals surface area contributed by atoms with Crippen LogP contribution in [0, 0.1) is 23.5 Å². The van der Waals surface area contributed by atoms with Crippen LogP contribution in [0.5, 0.6) is 5.75 Å². The summed E-state index contributed by atoms with van der Waals surface area (Å²) in [5, 5.41) is 0. The molecule has 19 heavy (non-hydrogen) atoms. The molecule has 2 aromatic carbocycles. The van der Waals surface area contributed by atoms with Crippen LogP contribution in [0.15, 0.2) is 36.4 Å². The molecule has 0 bridgehead atoms. The van der Waals surface area contributed by atoms with Gasteiger partial charge in [-0.3, -0.25) is 4.39 Å². The summed E-state index contributed by atoms with van der Waals surface area (Å²) >= 11 is 4.25. The summed E-state index contributed by atoms with van der Waals surface area (Å²) in [6, 6.07) is 9.67. The third-order valence-electron chi connectivity index (χ3n) is 2.17. The molecule has 96 valence electrons. The molecule has 0 amide bonds. The zero-order valence-electron chi connectivity index (χ0n) is 9.80. The summed E-state index contributed by atoms with van der Waals surface area (Å²) in [4.78, 5) is 0. The Morgan fingerprint density at radius 1 is 1.11 bits per heavy atom. The zero-order chi connectivity index (χ0) is 14.3. The Bertz CT molecular complexity index is 537. The van der Waals surface area contributed by atoms with Crippen LogP contribution >= 0.6 is 13.6 Å². The van der Waals surface area contributed by atoms with E-state index in [1.165, 1.54) is 34.5 Å². The first-order valence-electron chi connectivity index (χ1n) is 5.16. The fraction of sp³-hybridized carbons (Fsp3) is 0.0769. The summed E-state index contributed by atoms with van der Waals surface area (Å²) in [6.45, 7) is -0.160. The van der Waals surface area contributed by atoms with Crippen molar-refractivity contribution >= 4 is 13.6 Å². The summed E-state index contributed by atoms with van der Waals surface area (Å²) in [5.74, 6) is -1.94. The first-order valence-corrected chi connectivity index (χ1v) is 12.1. The van der Waals surface area contributed by atoms with Gasteiger partial charge in [-0.1, -0.05) is 0 Å². The Kier molecular flexibility index (Phi) is 7.10. The molecule has 0 aliphatic rings. The molecule has 0 atom stereocenters. The van der Waals surface area contributed by atoms with Crippen molar-refractivity contribution in [2.45, 2.75) is 6.61 Å². The molecular weight excluding hydrogens is 374 g/mol. The fourth-order valence-electron chi connectivity index (χ4n) is 1.31. The Morgan fingerprint density at radius 2 is 1.84 bits per heavy atom. The van der Waals surface area contributed by atoms with Crippen LogP contribution in [0.4, 0.5) is 13.2 Å². The molecule has 0 fully saturated rings. The maximum absolute atomic E-state index is 13.2. The van der Waals surface area contributed by atoms with Gasteiger partial charge in [0.2, 0.25) is 0 Å². The first kappa shape index (κ1) is 16.2. The SMILES string of the molecule is Fc1ccc(COc2cc[c-]cc2F)c(F)c1.[Zn+][Br]. The quantitative estimate of drug-likeness (QED) is 0.567. The van der Waals surface area contributed by atoms with Crippen molar-refractivity contribution in [3.05, 3.63) is 65.5 Å². The number of ether oxygens (including phenoxy) is 1. The standard InChI is InChI=1S/C13H8F3O.BrH.Zn/c14-10-6-5-9(12(16)7-10)8-17-13-4-2-1-3-11(13)15;;/h2-7H,8H2;1H;/q-1;;+2/p-1. The van der Waals surface area contributed by atoms with E-state index in [1.807, 2.05) is 0 Å². The number of benzene rings is 2. The number of halogens is 4. The predicted octanol–water partition coefficient (Wildman–Crippen LogP) is 4.33. The van der Waals surface area contributed by atoms with E-state index in [0.717, 1.165) is 18.2 Å². The Hall–Kier alpha value is -0.867. The van der Waals surface area contributed by atoms with Gasteiger partial charge in [0.15, 0.2) is 0 Å². The number of hydrogen-bond donors (Lipinski definition) is 0. The minimum atomic E-state index is -0.715. The molecule has 1 nitrogen and oxygen atoms in total. The molecule has 0 aliphatic heterocycles.